The van der Waals surface area contributed by atoms with Gasteiger partial charge in [0.15, 0.2) is 0 Å². The first-order valence-electron chi connectivity index (χ1n) is 8.39. The molecule has 0 saturated carbocycles. The Morgan fingerprint density at radius 1 is 0.412 bits per heavy atom. The second-order valence-corrected chi connectivity index (χ2v) is 18.6. The Labute approximate surface area is 265 Å². The Kier molecular flexibility index (Phi) is 15.1. The summed E-state index contributed by atoms with van der Waals surface area (Å²) in [5.41, 5.74) is -4.11. The molecule has 0 aromatic heterocycles. The van der Waals surface area contributed by atoms with Crippen molar-refractivity contribution >= 4 is 123 Å². The summed E-state index contributed by atoms with van der Waals surface area (Å²) in [6.45, 7) is 0. The third kappa shape index (κ3) is 9.66. The molecule has 0 amide bonds. The fraction of sp³-hybridized carbons (Fsp3) is 0. The molecular weight excluding hydrogens is 556 g/mol. The van der Waals surface area contributed by atoms with Crippen LogP contribution in [0.5, 0.6) is 17.2 Å². The molecule has 16 heteroatoms. The van der Waals surface area contributed by atoms with E-state index in [1.54, 1.807) is 18.2 Å². The molecule has 0 unspecified atom stereocenters. The van der Waals surface area contributed by atoms with Crippen LogP contribution < -0.4 is 12.5 Å². The minimum atomic E-state index is -5.29. The molecule has 0 fully saturated rings. The van der Waals surface area contributed by atoms with Crippen molar-refractivity contribution in [3.05, 3.63) is 91.0 Å². The van der Waals surface area contributed by atoms with E-state index in [-0.39, 0.29) is 106 Å². The molecule has 0 bridgehead atoms. The molecule has 0 saturated heterocycles. The molecule has 0 heterocycles. The fourth-order valence-electron chi connectivity index (χ4n) is 2.22. The van der Waals surface area contributed by atoms with Gasteiger partial charge in [0, 0.05) is 88.7 Å². The van der Waals surface area contributed by atoms with Gasteiger partial charge in [-0.05, 0) is 36.4 Å². The van der Waals surface area contributed by atoms with Gasteiger partial charge in [-0.25, -0.2) is 0 Å². The van der Waals surface area contributed by atoms with Crippen molar-refractivity contribution in [2.45, 2.75) is 0 Å². The second-order valence-electron chi connectivity index (χ2n) is 5.70. The van der Waals surface area contributed by atoms with Gasteiger partial charge in [-0.15, -0.1) is 0 Å². The first kappa shape index (κ1) is 34.3. The van der Waals surface area contributed by atoms with Crippen molar-refractivity contribution in [2.24, 2.45) is 0 Å². The van der Waals surface area contributed by atoms with Crippen LogP contribution in [0.1, 0.15) is 0 Å². The van der Waals surface area contributed by atoms with Crippen molar-refractivity contribution in [1.82, 2.24) is 0 Å². The minimum absolute atomic E-state index is 0. The van der Waals surface area contributed by atoms with Crippen LogP contribution in [0.3, 0.4) is 0 Å². The van der Waals surface area contributed by atoms with Crippen LogP contribution in [-0.2, 0) is 29.2 Å². The number of rotatable bonds is 9. The van der Waals surface area contributed by atoms with E-state index in [4.69, 9.17) is 12.5 Å². The van der Waals surface area contributed by atoms with Crippen LogP contribution in [0.4, 0.5) is 0 Å². The Balaban J connectivity index is 0.00000363. The van der Waals surface area contributed by atoms with Crippen LogP contribution in [0, 0.1) is 0 Å². The first-order valence-corrected chi connectivity index (χ1v) is 15.8. The first-order chi connectivity index (χ1) is 14.6. The number of hydrogen-bond donors (Lipinski definition) is 0. The quantitative estimate of drug-likeness (QED) is 0.281. The molecule has 3 aromatic carbocycles. The standard InChI is InChI=1S/C18H15O9PS3.3Na/c19-29(20,25-16-10-4-1-5-11-16)28(30(21,22)26-17-12-6-2-7-13-17)31(23,24)27-18-14-8-3-9-15-18;;;/h1-15H;;;. The summed E-state index contributed by atoms with van der Waals surface area (Å²) in [6, 6.07) is 20.6. The molecule has 34 heavy (non-hydrogen) atoms. The maximum Gasteiger partial charge on any atom is 0.389 e. The molecule has 9 nitrogen and oxygen atoms in total. The van der Waals surface area contributed by atoms with Gasteiger partial charge in [0.05, 0.1) is 0 Å². The van der Waals surface area contributed by atoms with Crippen molar-refractivity contribution in [3.63, 3.8) is 0 Å². The van der Waals surface area contributed by atoms with Gasteiger partial charge in [-0.3, -0.25) is 0 Å². The Hall–Kier alpha value is 0.340. The van der Waals surface area contributed by atoms with Crippen LogP contribution in [0.15, 0.2) is 91.0 Å². The van der Waals surface area contributed by atoms with Crippen molar-refractivity contribution in [3.8, 4) is 17.2 Å². The second kappa shape index (κ2) is 14.9. The number of benzene rings is 3. The zero-order valence-electron chi connectivity index (χ0n) is 18.5. The fourth-order valence-corrected chi connectivity index (χ4v) is 15.2. The molecule has 0 N–H and O–H groups in total. The molecule has 0 aliphatic rings. The molecule has 3 aromatic rings. The third-order valence-electron chi connectivity index (χ3n) is 3.38. The van der Waals surface area contributed by atoms with Crippen LogP contribution >= 0.6 is 5.53 Å². The summed E-state index contributed by atoms with van der Waals surface area (Å²) >= 11 is 0. The summed E-state index contributed by atoms with van der Waals surface area (Å²) in [7, 11) is -15.9. The predicted octanol–water partition coefficient (Wildman–Crippen LogP) is 2.30. The van der Waals surface area contributed by atoms with E-state index in [1.165, 1.54) is 72.8 Å². The van der Waals surface area contributed by atoms with Gasteiger partial charge >= 0.3 is 34.7 Å². The summed E-state index contributed by atoms with van der Waals surface area (Å²) in [4.78, 5) is 0. The minimum Gasteiger partial charge on any atom is -0.378 e. The average molecular weight is 571 g/mol. The molecular formula is C18H15Na3O9PS3. The van der Waals surface area contributed by atoms with E-state index in [0.717, 1.165) is 0 Å². The zero-order valence-corrected chi connectivity index (χ0v) is 27.9. The molecule has 167 valence electrons. The van der Waals surface area contributed by atoms with Gasteiger partial charge in [-0.1, -0.05) is 54.6 Å². The van der Waals surface area contributed by atoms with Crippen molar-refractivity contribution in [1.29, 1.82) is 0 Å². The molecule has 3 rings (SSSR count). The summed E-state index contributed by atoms with van der Waals surface area (Å²) < 4.78 is 91.6. The monoisotopic (exact) mass is 571 g/mol. The summed E-state index contributed by atoms with van der Waals surface area (Å²) in [5.74, 6) is -0.834. The Bertz CT molecular complexity index is 1170. The van der Waals surface area contributed by atoms with E-state index in [0.29, 0.717) is 0 Å². The largest absolute Gasteiger partial charge is 0.389 e. The van der Waals surface area contributed by atoms with Gasteiger partial charge < -0.3 is 12.5 Å². The van der Waals surface area contributed by atoms with Crippen molar-refractivity contribution < 1.29 is 37.8 Å². The molecule has 0 atom stereocenters. The Morgan fingerprint density at radius 3 is 0.824 bits per heavy atom. The number of hydrogen-bond acceptors (Lipinski definition) is 9. The smallest absolute Gasteiger partial charge is 0.378 e. The zero-order chi connectivity index (χ0) is 22.5. The topological polar surface area (TPSA) is 130 Å². The normalized spacial score (nSPS) is 11.2. The summed E-state index contributed by atoms with van der Waals surface area (Å²) in [6.07, 6.45) is 0. The average Bonchev–Trinajstić information content (AvgIpc) is 2.68. The maximum absolute atomic E-state index is 12.9. The van der Waals surface area contributed by atoms with E-state index in [1.807, 2.05) is 0 Å². The molecule has 0 aliphatic heterocycles. The van der Waals surface area contributed by atoms with Gasteiger partial charge in [0.25, 0.3) is 0 Å². The summed E-state index contributed by atoms with van der Waals surface area (Å²) in [5, 5.41) is 0. The maximum atomic E-state index is 12.9. The van der Waals surface area contributed by atoms with E-state index >= 15 is 0 Å². The van der Waals surface area contributed by atoms with Crippen LogP contribution in [-0.4, -0.2) is 114 Å². The van der Waals surface area contributed by atoms with Crippen LogP contribution in [0.25, 0.3) is 0 Å². The van der Waals surface area contributed by atoms with Crippen LogP contribution in [0.2, 0.25) is 0 Å². The van der Waals surface area contributed by atoms with E-state index in [9.17, 15) is 25.3 Å². The van der Waals surface area contributed by atoms with E-state index < -0.39 is 34.7 Å². The van der Waals surface area contributed by atoms with Gasteiger partial charge in [-0.2, -0.15) is 25.3 Å². The van der Waals surface area contributed by atoms with Crippen molar-refractivity contribution in [2.75, 3.05) is 0 Å². The van der Waals surface area contributed by atoms with E-state index in [2.05, 4.69) is 0 Å². The molecule has 3 radical (unpaired) electrons. The SMILES string of the molecule is O=S(=O)(Oc1ccccc1)P(S(=O)(=O)Oc1ccccc1)S(=O)(=O)Oc1ccccc1.[Na].[Na].[Na]. The Morgan fingerprint density at radius 2 is 0.618 bits per heavy atom. The third-order valence-corrected chi connectivity index (χ3v) is 19.5. The van der Waals surface area contributed by atoms with Gasteiger partial charge in [0.2, 0.25) is 0 Å². The molecule has 0 aliphatic carbocycles. The molecule has 0 spiro atoms. The predicted molar refractivity (Wildman–Crippen MR) is 132 cm³/mol. The van der Waals surface area contributed by atoms with Gasteiger partial charge in [0.1, 0.15) is 17.2 Å². The number of para-hydroxylation sites is 3.